The van der Waals surface area contributed by atoms with E-state index in [9.17, 15) is 0 Å². The Kier molecular flexibility index (Phi) is 1.72. The van der Waals surface area contributed by atoms with Crippen molar-refractivity contribution in [1.82, 2.24) is 9.61 Å². The van der Waals surface area contributed by atoms with Gasteiger partial charge in [0.1, 0.15) is 0 Å². The van der Waals surface area contributed by atoms with E-state index in [2.05, 4.69) is 23.0 Å². The molecular weight excluding hydrogens is 162 g/mol. The molecule has 13 heavy (non-hydrogen) atoms. The number of aryl methyl sites for hydroxylation is 1. The van der Waals surface area contributed by atoms with Gasteiger partial charge in [-0.2, -0.15) is 5.10 Å². The topological polar surface area (TPSA) is 20.5 Å². The number of rotatable bonds is 1. The molecule has 0 bridgehead atoms. The van der Waals surface area contributed by atoms with Crippen molar-refractivity contribution in [3.8, 4) is 0 Å². The second-order valence-electron chi connectivity index (χ2n) is 3.46. The number of aromatic nitrogens is 2. The molecule has 3 heteroatoms. The van der Waals surface area contributed by atoms with Gasteiger partial charge < -0.3 is 4.90 Å². The van der Waals surface area contributed by atoms with Crippen LogP contribution < -0.4 is 4.90 Å². The second kappa shape index (κ2) is 2.76. The summed E-state index contributed by atoms with van der Waals surface area (Å²) in [6.45, 7) is 2.08. The molecule has 0 aliphatic carbocycles. The predicted molar refractivity (Wildman–Crippen MR) is 54.3 cm³/mol. The molecule has 0 spiro atoms. The van der Waals surface area contributed by atoms with E-state index >= 15 is 0 Å². The highest BCUT2D eigenvalue weighted by Crippen LogP contribution is 2.19. The Balaban J connectivity index is 2.75. The van der Waals surface area contributed by atoms with Crippen molar-refractivity contribution in [3.05, 3.63) is 30.1 Å². The average Bonchev–Trinajstić information content (AvgIpc) is 2.43. The highest BCUT2D eigenvalue weighted by Gasteiger charge is 2.03. The van der Waals surface area contributed by atoms with Gasteiger partial charge in [0.15, 0.2) is 0 Å². The molecule has 0 N–H and O–H groups in total. The second-order valence-corrected chi connectivity index (χ2v) is 3.46. The molecule has 0 atom stereocenters. The standard InChI is InChI=1S/C10H13N3/c1-8-6-10-9(12(2)3)4-5-11-13(10)7-8/h4-7H,1-3H3. The maximum absolute atomic E-state index is 4.24. The monoisotopic (exact) mass is 175 g/mol. The highest BCUT2D eigenvalue weighted by molar-refractivity contribution is 5.72. The molecule has 0 amide bonds. The third-order valence-electron chi connectivity index (χ3n) is 2.10. The Bertz CT molecular complexity index is 429. The lowest BCUT2D eigenvalue weighted by molar-refractivity contribution is 0.930. The van der Waals surface area contributed by atoms with Crippen LogP contribution in [0.15, 0.2) is 24.5 Å². The first-order valence-corrected chi connectivity index (χ1v) is 4.30. The summed E-state index contributed by atoms with van der Waals surface area (Å²) >= 11 is 0. The zero-order chi connectivity index (χ0) is 9.42. The van der Waals surface area contributed by atoms with Gasteiger partial charge in [-0.15, -0.1) is 0 Å². The first-order chi connectivity index (χ1) is 6.18. The van der Waals surface area contributed by atoms with Crippen molar-refractivity contribution in [1.29, 1.82) is 0 Å². The molecule has 2 rings (SSSR count). The van der Waals surface area contributed by atoms with Gasteiger partial charge in [-0.05, 0) is 24.6 Å². The number of fused-ring (bicyclic) bond motifs is 1. The first kappa shape index (κ1) is 8.10. The lowest BCUT2D eigenvalue weighted by atomic mass is 10.3. The fourth-order valence-corrected chi connectivity index (χ4v) is 1.51. The first-order valence-electron chi connectivity index (χ1n) is 4.30. The van der Waals surface area contributed by atoms with E-state index in [1.807, 2.05) is 37.1 Å². The Morgan fingerprint density at radius 2 is 2.15 bits per heavy atom. The van der Waals surface area contributed by atoms with Gasteiger partial charge in [-0.1, -0.05) is 0 Å². The van der Waals surface area contributed by atoms with Crippen LogP contribution in [0.2, 0.25) is 0 Å². The molecule has 2 aromatic rings. The smallest absolute Gasteiger partial charge is 0.0882 e. The summed E-state index contributed by atoms with van der Waals surface area (Å²) in [6.07, 6.45) is 3.85. The van der Waals surface area contributed by atoms with Crippen LogP contribution in [0.5, 0.6) is 0 Å². The zero-order valence-corrected chi connectivity index (χ0v) is 8.15. The average molecular weight is 175 g/mol. The summed E-state index contributed by atoms with van der Waals surface area (Å²) in [4.78, 5) is 2.09. The third kappa shape index (κ3) is 1.26. The fourth-order valence-electron chi connectivity index (χ4n) is 1.51. The van der Waals surface area contributed by atoms with Crippen molar-refractivity contribution in [3.63, 3.8) is 0 Å². The van der Waals surface area contributed by atoms with Gasteiger partial charge in [0.25, 0.3) is 0 Å². The molecule has 3 nitrogen and oxygen atoms in total. The molecule has 2 aromatic heterocycles. The van der Waals surface area contributed by atoms with Crippen molar-refractivity contribution >= 4 is 11.2 Å². The van der Waals surface area contributed by atoms with Gasteiger partial charge in [0.2, 0.25) is 0 Å². The van der Waals surface area contributed by atoms with E-state index in [1.54, 1.807) is 0 Å². The molecule has 0 aliphatic heterocycles. The Morgan fingerprint density at radius 1 is 1.38 bits per heavy atom. The molecule has 0 saturated carbocycles. The minimum absolute atomic E-state index is 1.16. The summed E-state index contributed by atoms with van der Waals surface area (Å²) in [5.41, 5.74) is 3.59. The maximum Gasteiger partial charge on any atom is 0.0882 e. The van der Waals surface area contributed by atoms with Gasteiger partial charge in [0, 0.05) is 26.5 Å². The highest BCUT2D eigenvalue weighted by atomic mass is 15.2. The molecule has 0 radical (unpaired) electrons. The Morgan fingerprint density at radius 3 is 2.85 bits per heavy atom. The lowest BCUT2D eigenvalue weighted by Crippen LogP contribution is -2.10. The van der Waals surface area contributed by atoms with E-state index in [0.717, 1.165) is 5.52 Å². The predicted octanol–water partition coefficient (Wildman–Crippen LogP) is 1.71. The summed E-state index contributed by atoms with van der Waals surface area (Å²) in [7, 11) is 4.08. The van der Waals surface area contributed by atoms with E-state index in [1.165, 1.54) is 11.3 Å². The van der Waals surface area contributed by atoms with Gasteiger partial charge in [-0.25, -0.2) is 4.52 Å². The van der Waals surface area contributed by atoms with Crippen molar-refractivity contribution < 1.29 is 0 Å². The molecule has 68 valence electrons. The maximum atomic E-state index is 4.24. The van der Waals surface area contributed by atoms with Crippen molar-refractivity contribution in [2.24, 2.45) is 0 Å². The van der Waals surface area contributed by atoms with E-state index in [-0.39, 0.29) is 0 Å². The third-order valence-corrected chi connectivity index (χ3v) is 2.10. The molecule has 0 aromatic carbocycles. The normalized spacial score (nSPS) is 10.7. The number of anilines is 1. The van der Waals surface area contributed by atoms with E-state index in [0.29, 0.717) is 0 Å². The van der Waals surface area contributed by atoms with Gasteiger partial charge >= 0.3 is 0 Å². The van der Waals surface area contributed by atoms with Gasteiger partial charge in [0.05, 0.1) is 11.2 Å². The number of nitrogens with zero attached hydrogens (tertiary/aromatic N) is 3. The van der Waals surface area contributed by atoms with Crippen LogP contribution in [0, 0.1) is 6.92 Å². The number of hydrogen-bond acceptors (Lipinski definition) is 2. The number of hydrogen-bond donors (Lipinski definition) is 0. The largest absolute Gasteiger partial charge is 0.376 e. The molecule has 0 aliphatic rings. The fraction of sp³-hybridized carbons (Fsp3) is 0.300. The Labute approximate surface area is 77.6 Å². The van der Waals surface area contributed by atoms with Gasteiger partial charge in [-0.3, -0.25) is 0 Å². The van der Waals surface area contributed by atoms with E-state index in [4.69, 9.17) is 0 Å². The van der Waals surface area contributed by atoms with Crippen LogP contribution in [0.1, 0.15) is 5.56 Å². The molecular formula is C10H13N3. The van der Waals surface area contributed by atoms with Crippen LogP contribution in [-0.2, 0) is 0 Å². The minimum Gasteiger partial charge on any atom is -0.376 e. The summed E-state index contributed by atoms with van der Waals surface area (Å²) < 4.78 is 1.91. The van der Waals surface area contributed by atoms with Crippen LogP contribution >= 0.6 is 0 Å². The Hall–Kier alpha value is -1.51. The lowest BCUT2D eigenvalue weighted by Gasteiger charge is -2.12. The van der Waals surface area contributed by atoms with E-state index < -0.39 is 0 Å². The van der Waals surface area contributed by atoms with Crippen molar-refractivity contribution in [2.45, 2.75) is 6.92 Å². The zero-order valence-electron chi connectivity index (χ0n) is 8.15. The summed E-state index contributed by atoms with van der Waals surface area (Å²) in [6, 6.07) is 4.16. The van der Waals surface area contributed by atoms with Crippen molar-refractivity contribution in [2.75, 3.05) is 19.0 Å². The van der Waals surface area contributed by atoms with Crippen LogP contribution in [0.3, 0.4) is 0 Å². The molecule has 2 heterocycles. The van der Waals surface area contributed by atoms with Crippen LogP contribution in [0.4, 0.5) is 5.69 Å². The quantitative estimate of drug-likeness (QED) is 0.657. The van der Waals surface area contributed by atoms with Crippen LogP contribution in [-0.4, -0.2) is 23.7 Å². The molecule has 0 saturated heterocycles. The van der Waals surface area contributed by atoms with Crippen LogP contribution in [0.25, 0.3) is 5.52 Å². The minimum atomic E-state index is 1.16. The summed E-state index contributed by atoms with van der Waals surface area (Å²) in [5.74, 6) is 0. The summed E-state index contributed by atoms with van der Waals surface area (Å²) in [5, 5.41) is 4.24. The molecule has 0 unspecified atom stereocenters. The SMILES string of the molecule is Cc1cc2c(N(C)C)ccnn2c1. The molecule has 0 fully saturated rings.